The highest BCUT2D eigenvalue weighted by atomic mass is 16.2. The molecule has 1 N–H and O–H groups in total. The van der Waals surface area contributed by atoms with Gasteiger partial charge >= 0.3 is 0 Å². The van der Waals surface area contributed by atoms with Crippen LogP contribution in [0.15, 0.2) is 0 Å². The van der Waals surface area contributed by atoms with Gasteiger partial charge in [-0.15, -0.1) is 0 Å². The molecule has 1 amide bonds. The number of rotatable bonds is 1. The number of hydrogen-bond donors (Lipinski definition) is 1. The molecule has 18 heavy (non-hydrogen) atoms. The second kappa shape index (κ2) is 5.60. The lowest BCUT2D eigenvalue weighted by atomic mass is 9.83. The number of piperidine rings is 2. The van der Waals surface area contributed by atoms with Crippen LogP contribution in [0.3, 0.4) is 0 Å². The van der Waals surface area contributed by atoms with Crippen LogP contribution < -0.4 is 5.32 Å². The molecule has 2 aliphatic rings. The predicted octanol–water partition coefficient (Wildman–Crippen LogP) is 2.12. The van der Waals surface area contributed by atoms with Crippen molar-refractivity contribution in [2.24, 2.45) is 23.7 Å². The van der Waals surface area contributed by atoms with E-state index in [0.29, 0.717) is 29.7 Å². The van der Waals surface area contributed by atoms with Gasteiger partial charge in [0.15, 0.2) is 0 Å². The van der Waals surface area contributed by atoms with Gasteiger partial charge in [0, 0.05) is 19.1 Å². The lowest BCUT2D eigenvalue weighted by Gasteiger charge is -2.43. The third-order valence-electron chi connectivity index (χ3n) is 4.80. The Morgan fingerprint density at radius 2 is 1.78 bits per heavy atom. The highest BCUT2D eigenvalue weighted by molar-refractivity contribution is 5.79. The quantitative estimate of drug-likeness (QED) is 0.775. The summed E-state index contributed by atoms with van der Waals surface area (Å²) < 4.78 is 0. The molecule has 3 heteroatoms. The van der Waals surface area contributed by atoms with Crippen molar-refractivity contribution in [1.82, 2.24) is 10.2 Å². The Balaban J connectivity index is 2.02. The minimum absolute atomic E-state index is 0.202. The molecule has 0 aliphatic carbocycles. The van der Waals surface area contributed by atoms with Crippen LogP contribution in [0.2, 0.25) is 0 Å². The smallest absolute Gasteiger partial charge is 0.227 e. The highest BCUT2D eigenvalue weighted by Crippen LogP contribution is 2.29. The van der Waals surface area contributed by atoms with Crippen LogP contribution in [0.5, 0.6) is 0 Å². The molecule has 0 aromatic carbocycles. The Morgan fingerprint density at radius 1 is 1.06 bits per heavy atom. The van der Waals surface area contributed by atoms with Gasteiger partial charge in [-0.05, 0) is 44.1 Å². The minimum Gasteiger partial charge on any atom is -0.339 e. The van der Waals surface area contributed by atoms with E-state index in [2.05, 4.69) is 37.9 Å². The largest absolute Gasteiger partial charge is 0.339 e. The molecule has 2 rings (SSSR count). The fourth-order valence-corrected chi connectivity index (χ4v) is 3.59. The topological polar surface area (TPSA) is 32.3 Å². The van der Waals surface area contributed by atoms with Crippen molar-refractivity contribution in [2.75, 3.05) is 19.6 Å². The van der Waals surface area contributed by atoms with Gasteiger partial charge < -0.3 is 10.2 Å². The summed E-state index contributed by atoms with van der Waals surface area (Å²) >= 11 is 0. The summed E-state index contributed by atoms with van der Waals surface area (Å²) in [6.07, 6.45) is 2.31. The van der Waals surface area contributed by atoms with Crippen molar-refractivity contribution in [3.63, 3.8) is 0 Å². The number of carbonyl (C=O) groups excluding carboxylic acids is 1. The molecule has 0 spiro atoms. The Labute approximate surface area is 111 Å². The van der Waals surface area contributed by atoms with Crippen LogP contribution in [-0.4, -0.2) is 36.5 Å². The van der Waals surface area contributed by atoms with E-state index >= 15 is 0 Å². The van der Waals surface area contributed by atoms with Gasteiger partial charge in [0.05, 0.1) is 5.92 Å². The maximum Gasteiger partial charge on any atom is 0.227 e. The average molecular weight is 252 g/mol. The normalized spacial score (nSPS) is 41.8. The highest BCUT2D eigenvalue weighted by Gasteiger charge is 2.36. The maximum atomic E-state index is 12.7. The van der Waals surface area contributed by atoms with Crippen molar-refractivity contribution in [2.45, 2.75) is 46.6 Å². The van der Waals surface area contributed by atoms with Gasteiger partial charge in [-0.2, -0.15) is 0 Å². The van der Waals surface area contributed by atoms with Crippen molar-refractivity contribution in [1.29, 1.82) is 0 Å². The second-order valence-corrected chi connectivity index (χ2v) is 6.75. The van der Waals surface area contributed by atoms with Gasteiger partial charge in [0.1, 0.15) is 0 Å². The maximum absolute atomic E-state index is 12.7. The molecule has 2 aliphatic heterocycles. The molecule has 0 saturated carbocycles. The van der Waals surface area contributed by atoms with E-state index in [1.54, 1.807) is 0 Å². The zero-order chi connectivity index (χ0) is 13.3. The van der Waals surface area contributed by atoms with Crippen LogP contribution in [0, 0.1) is 23.7 Å². The van der Waals surface area contributed by atoms with Crippen LogP contribution >= 0.6 is 0 Å². The molecule has 0 aromatic rings. The van der Waals surface area contributed by atoms with Crippen molar-refractivity contribution >= 4 is 5.91 Å². The van der Waals surface area contributed by atoms with Gasteiger partial charge in [-0.25, -0.2) is 0 Å². The summed E-state index contributed by atoms with van der Waals surface area (Å²) in [5.74, 6) is 2.50. The van der Waals surface area contributed by atoms with Crippen LogP contribution in [0.25, 0.3) is 0 Å². The fourth-order valence-electron chi connectivity index (χ4n) is 3.59. The van der Waals surface area contributed by atoms with E-state index < -0.39 is 0 Å². The van der Waals surface area contributed by atoms with Gasteiger partial charge in [-0.3, -0.25) is 4.79 Å². The van der Waals surface area contributed by atoms with Crippen molar-refractivity contribution in [3.8, 4) is 0 Å². The SMILES string of the molecule is CC1CNCC(C(=O)N2CC(C)CC(C)C2C)C1. The molecule has 0 aromatic heterocycles. The number of amides is 1. The molecule has 0 bridgehead atoms. The zero-order valence-corrected chi connectivity index (χ0v) is 12.3. The van der Waals surface area contributed by atoms with Gasteiger partial charge in [0.25, 0.3) is 0 Å². The van der Waals surface area contributed by atoms with E-state index in [0.717, 1.165) is 26.1 Å². The molecule has 5 unspecified atom stereocenters. The summed E-state index contributed by atoms with van der Waals surface area (Å²) in [6, 6.07) is 0.408. The van der Waals surface area contributed by atoms with E-state index in [-0.39, 0.29) is 5.92 Å². The molecule has 2 saturated heterocycles. The summed E-state index contributed by atoms with van der Waals surface area (Å²) in [6.45, 7) is 11.9. The van der Waals surface area contributed by atoms with Gasteiger partial charge in [-0.1, -0.05) is 20.8 Å². The van der Waals surface area contributed by atoms with Crippen molar-refractivity contribution < 1.29 is 4.79 Å². The predicted molar refractivity (Wildman–Crippen MR) is 74.3 cm³/mol. The van der Waals surface area contributed by atoms with Crippen molar-refractivity contribution in [3.05, 3.63) is 0 Å². The monoisotopic (exact) mass is 252 g/mol. The Morgan fingerprint density at radius 3 is 2.44 bits per heavy atom. The number of nitrogens with one attached hydrogen (secondary N) is 1. The lowest BCUT2D eigenvalue weighted by molar-refractivity contribution is -0.142. The van der Waals surface area contributed by atoms with E-state index in [1.165, 1.54) is 6.42 Å². The first-order chi connectivity index (χ1) is 8.49. The molecular formula is C15H28N2O. The third kappa shape index (κ3) is 2.87. The summed E-state index contributed by atoms with van der Waals surface area (Å²) in [4.78, 5) is 14.8. The first kappa shape index (κ1) is 13.9. The van der Waals surface area contributed by atoms with Crippen LogP contribution in [0.1, 0.15) is 40.5 Å². The van der Waals surface area contributed by atoms with E-state index in [4.69, 9.17) is 0 Å². The lowest BCUT2D eigenvalue weighted by Crippen LogP contribution is -2.53. The molecular weight excluding hydrogens is 224 g/mol. The van der Waals surface area contributed by atoms with E-state index in [9.17, 15) is 4.79 Å². The fraction of sp³-hybridized carbons (Fsp3) is 0.933. The molecule has 2 heterocycles. The molecule has 5 atom stereocenters. The minimum atomic E-state index is 0.202. The Hall–Kier alpha value is -0.570. The first-order valence-corrected chi connectivity index (χ1v) is 7.50. The number of carbonyl (C=O) groups is 1. The number of likely N-dealkylation sites (tertiary alicyclic amines) is 1. The average Bonchev–Trinajstić information content (AvgIpc) is 2.33. The van der Waals surface area contributed by atoms with Gasteiger partial charge in [0.2, 0.25) is 5.91 Å². The summed E-state index contributed by atoms with van der Waals surface area (Å²) in [5, 5.41) is 3.39. The number of hydrogen-bond acceptors (Lipinski definition) is 2. The van der Waals surface area contributed by atoms with E-state index in [1.807, 2.05) is 0 Å². The Bertz CT molecular complexity index is 305. The van der Waals surface area contributed by atoms with Crippen LogP contribution in [0.4, 0.5) is 0 Å². The molecule has 104 valence electrons. The Kier molecular flexibility index (Phi) is 4.31. The second-order valence-electron chi connectivity index (χ2n) is 6.75. The summed E-state index contributed by atoms with van der Waals surface area (Å²) in [5.41, 5.74) is 0. The summed E-state index contributed by atoms with van der Waals surface area (Å²) in [7, 11) is 0. The molecule has 3 nitrogen and oxygen atoms in total. The molecule has 0 radical (unpaired) electrons. The molecule has 2 fully saturated rings. The zero-order valence-electron chi connectivity index (χ0n) is 12.3. The number of nitrogens with zero attached hydrogens (tertiary/aromatic N) is 1. The van der Waals surface area contributed by atoms with Crippen LogP contribution in [-0.2, 0) is 4.79 Å². The standard InChI is InChI=1S/C15H28N2O/c1-10-6-14(8-16-7-10)15(18)17-9-11(2)5-12(3)13(17)4/h10-14,16H,5-9H2,1-4H3. The first-order valence-electron chi connectivity index (χ1n) is 7.50. The third-order valence-corrected chi connectivity index (χ3v) is 4.80.